The first-order valence-corrected chi connectivity index (χ1v) is 10.1. The van der Waals surface area contributed by atoms with Crippen molar-refractivity contribution < 1.29 is 17.9 Å². The molecule has 0 aromatic heterocycles. The fourth-order valence-electron chi connectivity index (χ4n) is 2.92. The molecule has 0 bridgehead atoms. The van der Waals surface area contributed by atoms with Crippen molar-refractivity contribution in [3.63, 3.8) is 0 Å². The maximum Gasteiger partial charge on any atom is 0.255 e. The molecule has 0 radical (unpaired) electrons. The third-order valence-electron chi connectivity index (χ3n) is 4.35. The van der Waals surface area contributed by atoms with Crippen LogP contribution >= 0.6 is 0 Å². The van der Waals surface area contributed by atoms with E-state index >= 15 is 0 Å². The van der Waals surface area contributed by atoms with E-state index in [2.05, 4.69) is 5.32 Å². The van der Waals surface area contributed by atoms with E-state index in [1.165, 1.54) is 4.31 Å². The van der Waals surface area contributed by atoms with Crippen molar-refractivity contribution >= 4 is 21.6 Å². The second-order valence-corrected chi connectivity index (χ2v) is 8.21. The Bertz CT molecular complexity index is 873. The molecule has 0 aliphatic carbocycles. The Morgan fingerprint density at radius 3 is 2.46 bits per heavy atom. The molecular weight excluding hydrogens is 352 g/mol. The highest BCUT2D eigenvalue weighted by Crippen LogP contribution is 2.19. The van der Waals surface area contributed by atoms with Crippen molar-refractivity contribution in [3.05, 3.63) is 59.7 Å². The van der Waals surface area contributed by atoms with Gasteiger partial charge in [0, 0.05) is 30.4 Å². The lowest BCUT2D eigenvalue weighted by Gasteiger charge is -2.15. The smallest absolute Gasteiger partial charge is 0.255 e. The van der Waals surface area contributed by atoms with Crippen molar-refractivity contribution in [1.29, 1.82) is 0 Å². The molecule has 1 heterocycles. The minimum absolute atomic E-state index is 0.0369. The van der Waals surface area contributed by atoms with Gasteiger partial charge in [0.15, 0.2) is 0 Å². The van der Waals surface area contributed by atoms with Crippen molar-refractivity contribution in [1.82, 2.24) is 4.31 Å². The monoisotopic (exact) mass is 374 g/mol. The first-order valence-electron chi connectivity index (χ1n) is 8.50. The van der Waals surface area contributed by atoms with Gasteiger partial charge in [0.05, 0.1) is 12.9 Å². The van der Waals surface area contributed by atoms with Gasteiger partial charge in [-0.2, -0.15) is 0 Å². The molecule has 26 heavy (non-hydrogen) atoms. The van der Waals surface area contributed by atoms with Gasteiger partial charge in [0.1, 0.15) is 5.75 Å². The van der Waals surface area contributed by atoms with Gasteiger partial charge in [0.25, 0.3) is 5.91 Å². The molecule has 2 aromatic carbocycles. The highest BCUT2D eigenvalue weighted by atomic mass is 32.2. The summed E-state index contributed by atoms with van der Waals surface area (Å²) in [5, 5.41) is 2.80. The Balaban J connectivity index is 1.65. The van der Waals surface area contributed by atoms with Crippen LogP contribution in [0, 0.1) is 0 Å². The summed E-state index contributed by atoms with van der Waals surface area (Å²) >= 11 is 0. The summed E-state index contributed by atoms with van der Waals surface area (Å²) in [6, 6.07) is 13.8. The van der Waals surface area contributed by atoms with Gasteiger partial charge in [0.2, 0.25) is 10.0 Å². The first-order chi connectivity index (χ1) is 12.5. The molecule has 0 atom stereocenters. The van der Waals surface area contributed by atoms with E-state index in [4.69, 9.17) is 4.74 Å². The minimum Gasteiger partial charge on any atom is -0.497 e. The van der Waals surface area contributed by atoms with Crippen LogP contribution in [0.5, 0.6) is 5.75 Å². The van der Waals surface area contributed by atoms with E-state index in [0.717, 1.165) is 12.8 Å². The zero-order valence-corrected chi connectivity index (χ0v) is 15.5. The Labute approximate surface area is 153 Å². The van der Waals surface area contributed by atoms with E-state index in [1.54, 1.807) is 55.6 Å². The van der Waals surface area contributed by atoms with Crippen LogP contribution in [0.25, 0.3) is 0 Å². The second kappa shape index (κ2) is 7.88. The lowest BCUT2D eigenvalue weighted by molar-refractivity contribution is 0.102. The number of rotatable bonds is 6. The summed E-state index contributed by atoms with van der Waals surface area (Å²) in [4.78, 5) is 12.3. The van der Waals surface area contributed by atoms with Gasteiger partial charge >= 0.3 is 0 Å². The maximum absolute atomic E-state index is 12.4. The third-order valence-corrected chi connectivity index (χ3v) is 6.20. The van der Waals surface area contributed by atoms with Crippen molar-refractivity contribution in [2.75, 3.05) is 25.5 Å². The van der Waals surface area contributed by atoms with Crippen molar-refractivity contribution in [3.8, 4) is 5.75 Å². The maximum atomic E-state index is 12.4. The molecule has 7 heteroatoms. The van der Waals surface area contributed by atoms with Crippen LogP contribution < -0.4 is 10.1 Å². The van der Waals surface area contributed by atoms with Crippen LogP contribution in [0.15, 0.2) is 48.5 Å². The molecule has 3 rings (SSSR count). The largest absolute Gasteiger partial charge is 0.497 e. The van der Waals surface area contributed by atoms with Crippen LogP contribution in [0.4, 0.5) is 5.69 Å². The number of ether oxygens (including phenoxy) is 1. The van der Waals surface area contributed by atoms with Crippen LogP contribution in [0.1, 0.15) is 28.8 Å². The van der Waals surface area contributed by atoms with Crippen LogP contribution in [-0.4, -0.2) is 38.8 Å². The lowest BCUT2D eigenvalue weighted by Crippen LogP contribution is -2.29. The van der Waals surface area contributed by atoms with E-state index in [0.29, 0.717) is 35.7 Å². The topological polar surface area (TPSA) is 75.7 Å². The normalized spacial score (nSPS) is 15.0. The lowest BCUT2D eigenvalue weighted by atomic mass is 10.1. The Kier molecular flexibility index (Phi) is 5.58. The van der Waals surface area contributed by atoms with Gasteiger partial charge in [-0.25, -0.2) is 12.7 Å². The highest BCUT2D eigenvalue weighted by Gasteiger charge is 2.25. The standard InChI is InChI=1S/C19H22N2O4S/c1-25-18-6-4-5-17(13-18)20-19(22)16-9-7-15(8-10-16)14-26(23,24)21-11-2-3-12-21/h4-10,13H,2-3,11-12,14H2,1H3,(H,20,22). The Morgan fingerprint density at radius 2 is 1.81 bits per heavy atom. The molecule has 1 saturated heterocycles. The van der Waals surface area contributed by atoms with Gasteiger partial charge in [-0.3, -0.25) is 4.79 Å². The summed E-state index contributed by atoms with van der Waals surface area (Å²) in [7, 11) is -1.72. The minimum atomic E-state index is -3.28. The molecule has 138 valence electrons. The Hall–Kier alpha value is -2.38. The molecule has 1 N–H and O–H groups in total. The summed E-state index contributed by atoms with van der Waals surface area (Å²) in [6.45, 7) is 1.20. The molecule has 1 aliphatic heterocycles. The van der Waals surface area contributed by atoms with Crippen LogP contribution in [-0.2, 0) is 15.8 Å². The number of sulfonamides is 1. The van der Waals surface area contributed by atoms with Gasteiger partial charge in [-0.05, 0) is 42.7 Å². The molecule has 0 saturated carbocycles. The SMILES string of the molecule is COc1cccc(NC(=O)c2ccc(CS(=O)(=O)N3CCCC3)cc2)c1. The number of anilines is 1. The molecule has 0 spiro atoms. The van der Waals surface area contributed by atoms with E-state index in [1.807, 2.05) is 0 Å². The number of methoxy groups -OCH3 is 1. The molecular formula is C19H22N2O4S. The number of carbonyl (C=O) groups is 1. The predicted molar refractivity (Wildman–Crippen MR) is 101 cm³/mol. The molecule has 0 unspecified atom stereocenters. The zero-order chi connectivity index (χ0) is 18.6. The predicted octanol–water partition coefficient (Wildman–Crippen LogP) is 2.87. The van der Waals surface area contributed by atoms with Gasteiger partial charge in [-0.15, -0.1) is 0 Å². The fourth-order valence-corrected chi connectivity index (χ4v) is 4.54. The third kappa shape index (κ3) is 4.42. The molecule has 1 amide bonds. The van der Waals surface area contributed by atoms with Gasteiger partial charge < -0.3 is 10.1 Å². The van der Waals surface area contributed by atoms with E-state index in [9.17, 15) is 13.2 Å². The number of nitrogens with zero attached hydrogens (tertiary/aromatic N) is 1. The van der Waals surface area contributed by atoms with Crippen molar-refractivity contribution in [2.24, 2.45) is 0 Å². The number of hydrogen-bond donors (Lipinski definition) is 1. The summed E-state index contributed by atoms with van der Waals surface area (Å²) in [6.07, 6.45) is 1.84. The first kappa shape index (κ1) is 18.4. The quantitative estimate of drug-likeness (QED) is 0.844. The number of amides is 1. The van der Waals surface area contributed by atoms with Crippen molar-refractivity contribution in [2.45, 2.75) is 18.6 Å². The number of benzene rings is 2. The summed E-state index contributed by atoms with van der Waals surface area (Å²) in [5.41, 5.74) is 1.78. The van der Waals surface area contributed by atoms with E-state index in [-0.39, 0.29) is 11.7 Å². The summed E-state index contributed by atoms with van der Waals surface area (Å²) < 4.78 is 31.4. The average Bonchev–Trinajstić information content (AvgIpc) is 3.18. The number of hydrogen-bond acceptors (Lipinski definition) is 4. The highest BCUT2D eigenvalue weighted by molar-refractivity contribution is 7.88. The Morgan fingerprint density at radius 1 is 1.12 bits per heavy atom. The van der Waals surface area contributed by atoms with Crippen LogP contribution in [0.2, 0.25) is 0 Å². The molecule has 2 aromatic rings. The van der Waals surface area contributed by atoms with E-state index < -0.39 is 10.0 Å². The fraction of sp³-hybridized carbons (Fsp3) is 0.316. The second-order valence-electron chi connectivity index (χ2n) is 6.25. The molecule has 1 fully saturated rings. The molecule has 6 nitrogen and oxygen atoms in total. The number of carbonyl (C=O) groups excluding carboxylic acids is 1. The zero-order valence-electron chi connectivity index (χ0n) is 14.6. The van der Waals surface area contributed by atoms with Crippen LogP contribution in [0.3, 0.4) is 0 Å². The number of nitrogens with one attached hydrogen (secondary N) is 1. The average molecular weight is 374 g/mol. The van der Waals surface area contributed by atoms with Gasteiger partial charge in [-0.1, -0.05) is 18.2 Å². The molecule has 1 aliphatic rings. The summed E-state index contributed by atoms with van der Waals surface area (Å²) in [5.74, 6) is 0.364.